The van der Waals surface area contributed by atoms with Crippen molar-refractivity contribution in [3.63, 3.8) is 0 Å². The summed E-state index contributed by atoms with van der Waals surface area (Å²) in [5, 5.41) is 8.21. The Morgan fingerprint density at radius 3 is 2.41 bits per heavy atom. The maximum atomic E-state index is 12.8. The first-order valence-electron chi connectivity index (χ1n) is 14.5. The van der Waals surface area contributed by atoms with E-state index in [0.29, 0.717) is 35.0 Å². The summed E-state index contributed by atoms with van der Waals surface area (Å²) in [4.78, 5) is 57.3. The Bertz CT molecular complexity index is 1820. The monoisotopic (exact) mass is 759 g/mol. The fourth-order valence-corrected chi connectivity index (χ4v) is 4.66. The first-order chi connectivity index (χ1) is 23.3. The number of carbonyl (C=O) groups is 3. The minimum absolute atomic E-state index is 0. The number of aryl methyl sites for hydroxylation is 1. The number of nitrogens with zero attached hydrogens (tertiary/aromatic N) is 6. The van der Waals surface area contributed by atoms with Gasteiger partial charge < -0.3 is 44.6 Å². The van der Waals surface area contributed by atoms with Gasteiger partial charge in [-0.1, -0.05) is 19.1 Å². The molecule has 0 aliphatic heterocycles. The number of phosphoric ester groups is 1. The molecule has 0 fully saturated rings. The Morgan fingerprint density at radius 1 is 1.16 bits per heavy atom. The second-order valence-electron chi connectivity index (χ2n) is 10.1. The summed E-state index contributed by atoms with van der Waals surface area (Å²) in [6.45, 7) is 6.12. The van der Waals surface area contributed by atoms with Crippen molar-refractivity contribution in [3.05, 3.63) is 99.7 Å². The van der Waals surface area contributed by atoms with Crippen molar-refractivity contribution in [2.24, 2.45) is 10.7 Å². The van der Waals surface area contributed by atoms with Gasteiger partial charge in [-0.25, -0.2) is 14.4 Å². The number of benzene rings is 2. The topological polar surface area (TPSA) is 237 Å². The number of carbonyl (C=O) groups excluding carboxylic acids is 3. The van der Waals surface area contributed by atoms with E-state index in [9.17, 15) is 18.9 Å². The van der Waals surface area contributed by atoms with Gasteiger partial charge in [-0.3, -0.25) is 24.5 Å². The Kier molecular flexibility index (Phi) is 20.0. The van der Waals surface area contributed by atoms with E-state index in [0.717, 1.165) is 17.5 Å². The van der Waals surface area contributed by atoms with Crippen LogP contribution in [0.15, 0.2) is 70.5 Å². The third-order valence-electron chi connectivity index (χ3n) is 6.58. The molecule has 0 aliphatic rings. The van der Waals surface area contributed by atoms with Gasteiger partial charge in [0, 0.05) is 19.8 Å². The maximum absolute atomic E-state index is 12.8. The molecule has 0 saturated heterocycles. The molecule has 0 atom stereocenters. The van der Waals surface area contributed by atoms with E-state index >= 15 is 0 Å². The van der Waals surface area contributed by atoms with Crippen molar-refractivity contribution in [2.45, 2.75) is 27.2 Å². The van der Waals surface area contributed by atoms with Crippen molar-refractivity contribution in [1.29, 1.82) is 0 Å². The number of nitrogens with two attached hydrogens (primary N) is 1. The standard InChI is InChI=1S/C22H27N7O2.C9H9O8P.K.Na/c1-6-10-28(5)22(30)17-13-29(24-4)20(15(17)3)21(23)26-18-12-16(8-7-14(18)2)25-19-9-11-31-27-19;10-5-15-6-16-9(11)7-1-3-8(4-2-7)17-18(12,13)14;;/h7-9,11-13H,6,10H2,1-5H3,(H2-,23,25,26,27);1-5H,6H2,(H2,12,13,14);;/q-2;;2*+1. The molecule has 0 saturated carbocycles. The van der Waals surface area contributed by atoms with Gasteiger partial charge in [0.15, 0.2) is 0 Å². The van der Waals surface area contributed by atoms with Gasteiger partial charge in [-0.2, -0.15) is 0 Å². The third-order valence-corrected chi connectivity index (χ3v) is 7.02. The molecule has 1 amide bonds. The second kappa shape index (κ2) is 22.2. The summed E-state index contributed by atoms with van der Waals surface area (Å²) in [5.74, 6) is -0.174. The van der Waals surface area contributed by atoms with Crippen molar-refractivity contribution < 1.29 is 128 Å². The van der Waals surface area contributed by atoms with Crippen LogP contribution >= 0.6 is 7.82 Å². The molecule has 2 aromatic carbocycles. The molecular weight excluding hydrogens is 723 g/mol. The summed E-state index contributed by atoms with van der Waals surface area (Å²) < 4.78 is 29.9. The number of ether oxygens (including phenoxy) is 2. The van der Waals surface area contributed by atoms with Gasteiger partial charge in [0.25, 0.3) is 12.4 Å². The van der Waals surface area contributed by atoms with Crippen LogP contribution < -0.4 is 91.2 Å². The molecule has 4 aromatic rings. The Hall–Kier alpha value is -3.00. The largest absolute Gasteiger partial charge is 1.00 e. The number of hydrogen-bond donors (Lipinski definition) is 3. The SMILES string of the molecule is CCCN(C)C(=O)c1cn([N-]C)c(C(N)=Nc2cc([N-]c3ccon3)ccc2C)c1C.O=COCOC(=O)c1ccc(OP(=O)(O)O)cc1.[K+].[Na+]. The van der Waals surface area contributed by atoms with Crippen LogP contribution in [-0.4, -0.2) is 76.1 Å². The average molecular weight is 760 g/mol. The Balaban J connectivity index is 0.000000560. The summed E-state index contributed by atoms with van der Waals surface area (Å²) in [5.41, 5.74) is 14.9. The smallest absolute Gasteiger partial charge is 0.619 e. The Morgan fingerprint density at radius 2 is 1.84 bits per heavy atom. The van der Waals surface area contributed by atoms with Crippen LogP contribution in [0, 0.1) is 13.8 Å². The predicted octanol–water partition coefficient (Wildman–Crippen LogP) is -0.831. The number of aliphatic imine (C=N–C) groups is 1. The fourth-order valence-electron chi connectivity index (χ4n) is 4.26. The van der Waals surface area contributed by atoms with E-state index in [-0.39, 0.29) is 110 Å². The van der Waals surface area contributed by atoms with Crippen LogP contribution in [0.1, 0.15) is 50.9 Å². The van der Waals surface area contributed by atoms with Crippen molar-refractivity contribution >= 4 is 49.2 Å². The van der Waals surface area contributed by atoms with Gasteiger partial charge in [-0.05, 0) is 79.3 Å². The molecule has 2 aromatic heterocycles. The van der Waals surface area contributed by atoms with Gasteiger partial charge in [0.05, 0.1) is 28.8 Å². The van der Waals surface area contributed by atoms with E-state index < -0.39 is 20.6 Å². The fraction of sp³-hybridized carbons (Fsp3) is 0.258. The van der Waals surface area contributed by atoms with Crippen molar-refractivity contribution in [3.8, 4) is 5.75 Å². The molecular formula is C31H36KN7NaO10P. The van der Waals surface area contributed by atoms with E-state index in [2.05, 4.69) is 34.9 Å². The van der Waals surface area contributed by atoms with Crippen molar-refractivity contribution in [1.82, 2.24) is 14.7 Å². The average Bonchev–Trinajstić information content (AvgIpc) is 3.69. The van der Waals surface area contributed by atoms with Gasteiger partial charge in [0.2, 0.25) is 6.79 Å². The van der Waals surface area contributed by atoms with Crippen molar-refractivity contribution in [2.75, 3.05) is 27.4 Å². The number of aromatic nitrogens is 2. The minimum Gasteiger partial charge on any atom is -0.619 e. The molecule has 4 rings (SSSR count). The second-order valence-corrected chi connectivity index (χ2v) is 11.3. The zero-order chi connectivity index (χ0) is 36.1. The zero-order valence-electron chi connectivity index (χ0n) is 29.3. The van der Waals surface area contributed by atoms with E-state index in [1.165, 1.54) is 30.5 Å². The van der Waals surface area contributed by atoms with Gasteiger partial charge >= 0.3 is 94.7 Å². The molecule has 51 heavy (non-hydrogen) atoms. The molecule has 262 valence electrons. The van der Waals surface area contributed by atoms with E-state index in [1.54, 1.807) is 35.9 Å². The molecule has 0 unspecified atom stereocenters. The first kappa shape index (κ1) is 46.0. The molecule has 17 nitrogen and oxygen atoms in total. The van der Waals surface area contributed by atoms with Gasteiger partial charge in [-0.15, -0.1) is 7.05 Å². The van der Waals surface area contributed by atoms with E-state index in [4.69, 9.17) is 20.0 Å². The van der Waals surface area contributed by atoms with Crippen LogP contribution in [0.3, 0.4) is 0 Å². The zero-order valence-corrected chi connectivity index (χ0v) is 35.4. The molecule has 20 heteroatoms. The Labute approximate surface area is 359 Å². The number of esters is 1. The molecule has 4 N–H and O–H groups in total. The number of amides is 1. The minimum atomic E-state index is -4.62. The summed E-state index contributed by atoms with van der Waals surface area (Å²) in [7, 11) is -1.19. The number of amidine groups is 1. The summed E-state index contributed by atoms with van der Waals surface area (Å²) in [6, 6.07) is 12.1. The third kappa shape index (κ3) is 14.2. The van der Waals surface area contributed by atoms with Gasteiger partial charge in [0.1, 0.15) is 11.6 Å². The first-order valence-corrected chi connectivity index (χ1v) is 16.0. The number of phosphoric acid groups is 1. The van der Waals surface area contributed by atoms with Crippen LogP contribution in [-0.2, 0) is 18.8 Å². The summed E-state index contributed by atoms with van der Waals surface area (Å²) in [6.07, 6.45) is 4.04. The molecule has 2 heterocycles. The van der Waals surface area contributed by atoms with E-state index in [1.807, 2.05) is 39.0 Å². The normalized spacial score (nSPS) is 10.7. The molecule has 0 aliphatic carbocycles. The number of rotatable bonds is 14. The predicted molar refractivity (Wildman–Crippen MR) is 178 cm³/mol. The molecule has 0 bridgehead atoms. The quantitative estimate of drug-likeness (QED) is 0.0209. The van der Waals surface area contributed by atoms with Crippen LogP contribution in [0.5, 0.6) is 5.75 Å². The van der Waals surface area contributed by atoms with Crippen LogP contribution in [0.2, 0.25) is 0 Å². The number of hydrogen-bond acceptors (Lipinski definition) is 10. The molecule has 0 radical (unpaired) electrons. The molecule has 0 spiro atoms. The van der Waals surface area contributed by atoms with Crippen LogP contribution in [0.4, 0.5) is 17.2 Å². The maximum Gasteiger partial charge on any atom is 1.00 e. The van der Waals surface area contributed by atoms with Crippen LogP contribution in [0.25, 0.3) is 10.7 Å². The summed E-state index contributed by atoms with van der Waals surface area (Å²) >= 11 is 0.